The van der Waals surface area contributed by atoms with Crippen LogP contribution in [0.4, 0.5) is 0 Å². The Hall–Kier alpha value is -1.94. The summed E-state index contributed by atoms with van der Waals surface area (Å²) >= 11 is 0. The molecule has 0 aromatic rings. The van der Waals surface area contributed by atoms with Crippen molar-refractivity contribution in [2.24, 2.45) is 23.7 Å². The molecule has 0 saturated carbocycles. The van der Waals surface area contributed by atoms with Crippen molar-refractivity contribution in [3.63, 3.8) is 0 Å². The highest BCUT2D eigenvalue weighted by molar-refractivity contribution is 7.47. The Bertz CT molecular complexity index is 1940. The first-order valence-corrected chi connectivity index (χ1v) is 44.3. The molecule has 0 rings (SSSR count). The van der Waals surface area contributed by atoms with Gasteiger partial charge < -0.3 is 33.8 Å². The Balaban J connectivity index is 5.21. The maximum Gasteiger partial charge on any atom is 0.472 e. The van der Waals surface area contributed by atoms with Crippen molar-refractivity contribution < 1.29 is 80.2 Å². The van der Waals surface area contributed by atoms with E-state index in [1.165, 1.54) is 205 Å². The molecule has 3 N–H and O–H groups in total. The van der Waals surface area contributed by atoms with Crippen LogP contribution in [0.1, 0.15) is 409 Å². The molecular weight excluding hydrogens is 1290 g/mol. The van der Waals surface area contributed by atoms with Crippen LogP contribution in [0.25, 0.3) is 0 Å². The van der Waals surface area contributed by atoms with Gasteiger partial charge in [0.2, 0.25) is 0 Å². The van der Waals surface area contributed by atoms with Gasteiger partial charge in [-0.3, -0.25) is 37.3 Å². The van der Waals surface area contributed by atoms with E-state index in [4.69, 9.17) is 37.0 Å². The fraction of sp³-hybridized carbons (Fsp3) is 0.950. The fourth-order valence-corrected chi connectivity index (χ4v) is 13.7. The lowest BCUT2D eigenvalue weighted by molar-refractivity contribution is -0.161. The zero-order valence-electron chi connectivity index (χ0n) is 65.1. The van der Waals surface area contributed by atoms with Gasteiger partial charge >= 0.3 is 39.5 Å². The summed E-state index contributed by atoms with van der Waals surface area (Å²) in [6.07, 6.45) is 55.7. The van der Waals surface area contributed by atoms with Crippen molar-refractivity contribution in [2.75, 3.05) is 39.6 Å². The number of ether oxygens (including phenoxy) is 4. The van der Waals surface area contributed by atoms with Crippen molar-refractivity contribution >= 4 is 39.5 Å². The van der Waals surface area contributed by atoms with Crippen molar-refractivity contribution in [2.45, 2.75) is 427 Å². The summed E-state index contributed by atoms with van der Waals surface area (Å²) in [5.41, 5.74) is 0. The number of hydrogen-bond acceptors (Lipinski definition) is 15. The molecule has 0 heterocycles. The number of rotatable bonds is 77. The first-order chi connectivity index (χ1) is 47.7. The molecular formula is C80H156O17P2. The highest BCUT2D eigenvalue weighted by Crippen LogP contribution is 2.45. The van der Waals surface area contributed by atoms with Gasteiger partial charge in [0.1, 0.15) is 19.3 Å². The van der Waals surface area contributed by atoms with Crippen LogP contribution in [0.15, 0.2) is 0 Å². The summed E-state index contributed by atoms with van der Waals surface area (Å²) in [4.78, 5) is 72.9. The molecule has 0 aromatic heterocycles. The molecule has 5 unspecified atom stereocenters. The smallest absolute Gasteiger partial charge is 0.462 e. The predicted molar refractivity (Wildman–Crippen MR) is 404 cm³/mol. The Morgan fingerprint density at radius 1 is 0.283 bits per heavy atom. The summed E-state index contributed by atoms with van der Waals surface area (Å²) in [7, 11) is -9.92. The summed E-state index contributed by atoms with van der Waals surface area (Å²) < 4.78 is 68.6. The van der Waals surface area contributed by atoms with Crippen LogP contribution in [0.3, 0.4) is 0 Å². The topological polar surface area (TPSA) is 237 Å². The standard InChI is InChI=1S/C80H156O17P2/c1-9-71(6)57-49-41-33-29-25-21-18-19-22-26-30-34-44-52-60-77(82)90-66-75(96-79(84)62-54-46-35-31-27-23-17-15-13-12-14-16-20-24-28-32-40-48-56-70(4)5)68-94-98(86,87)92-64-74(81)65-93-99(88,89)95-69-76(97-80(85)63-55-47-39-37-43-51-59-73(8)11-3)67-91-78(83)61-53-45-38-36-42-50-58-72(7)10-2/h70-76,81H,9-69H2,1-8H3,(H,86,87)(H,88,89)/t71?,72?,73?,74-,75-,76-/m1/s1. The van der Waals surface area contributed by atoms with E-state index >= 15 is 0 Å². The van der Waals surface area contributed by atoms with E-state index in [9.17, 15) is 43.2 Å². The normalized spacial score (nSPS) is 14.9. The van der Waals surface area contributed by atoms with Gasteiger partial charge in [-0.2, -0.15) is 0 Å². The van der Waals surface area contributed by atoms with E-state index in [0.29, 0.717) is 25.7 Å². The quantitative estimate of drug-likeness (QED) is 0.0222. The number of hydrogen-bond donors (Lipinski definition) is 3. The summed E-state index contributed by atoms with van der Waals surface area (Å²) in [5.74, 6) is 1.00. The van der Waals surface area contributed by atoms with Crippen molar-refractivity contribution in [1.82, 2.24) is 0 Å². The Kier molecular flexibility index (Phi) is 67.8. The van der Waals surface area contributed by atoms with E-state index in [2.05, 4.69) is 55.4 Å². The number of carbonyl (C=O) groups is 4. The van der Waals surface area contributed by atoms with E-state index in [0.717, 1.165) is 120 Å². The van der Waals surface area contributed by atoms with Crippen molar-refractivity contribution in [3.8, 4) is 0 Å². The monoisotopic (exact) mass is 1450 g/mol. The molecule has 8 atom stereocenters. The minimum atomic E-state index is -4.96. The van der Waals surface area contributed by atoms with E-state index in [-0.39, 0.29) is 25.7 Å². The Morgan fingerprint density at radius 2 is 0.485 bits per heavy atom. The van der Waals surface area contributed by atoms with Gasteiger partial charge in [-0.15, -0.1) is 0 Å². The lowest BCUT2D eigenvalue weighted by Gasteiger charge is -2.21. The van der Waals surface area contributed by atoms with Crippen molar-refractivity contribution in [3.05, 3.63) is 0 Å². The molecule has 0 aliphatic rings. The highest BCUT2D eigenvalue weighted by Gasteiger charge is 2.30. The molecule has 0 bridgehead atoms. The molecule has 0 aromatic carbocycles. The third kappa shape index (κ3) is 70.2. The SMILES string of the molecule is CCC(C)CCCCCCCCCCCCCCCCC(=O)OC[C@H](COP(=O)(O)OC[C@@H](O)COP(=O)(O)OC[C@@H](COC(=O)CCCCCCCCC(C)CC)OC(=O)CCCCCCCCC(C)CC)OC(=O)CCCCCCCCCCCCCCCCCCCCC(C)C. The molecule has 0 aliphatic heterocycles. The highest BCUT2D eigenvalue weighted by atomic mass is 31.2. The Morgan fingerprint density at radius 3 is 0.717 bits per heavy atom. The molecule has 0 aliphatic carbocycles. The second-order valence-corrected chi connectivity index (χ2v) is 32.9. The Labute approximate surface area is 607 Å². The number of aliphatic hydroxyl groups is 1. The summed E-state index contributed by atoms with van der Waals surface area (Å²) in [6, 6.07) is 0. The van der Waals surface area contributed by atoms with E-state index in [1.807, 2.05) is 0 Å². The molecule has 0 fully saturated rings. The van der Waals surface area contributed by atoms with Crippen LogP contribution >= 0.6 is 15.6 Å². The molecule has 0 saturated heterocycles. The van der Waals surface area contributed by atoms with Crippen LogP contribution in [-0.2, 0) is 65.4 Å². The first-order valence-electron chi connectivity index (χ1n) is 41.3. The fourth-order valence-electron chi connectivity index (χ4n) is 12.2. The number of aliphatic hydroxyl groups excluding tert-OH is 1. The van der Waals surface area contributed by atoms with Gasteiger partial charge in [-0.05, 0) is 49.4 Å². The van der Waals surface area contributed by atoms with Crippen LogP contribution in [0, 0.1) is 23.7 Å². The van der Waals surface area contributed by atoms with Gasteiger partial charge in [0, 0.05) is 25.7 Å². The number of phosphoric ester groups is 2. The van der Waals surface area contributed by atoms with Crippen LogP contribution in [0.5, 0.6) is 0 Å². The molecule has 99 heavy (non-hydrogen) atoms. The second-order valence-electron chi connectivity index (χ2n) is 30.0. The third-order valence-corrected chi connectivity index (χ3v) is 21.6. The molecule has 0 amide bonds. The first kappa shape index (κ1) is 97.1. The minimum absolute atomic E-state index is 0.102. The average molecular weight is 1450 g/mol. The molecule has 0 spiro atoms. The average Bonchev–Trinajstić information content (AvgIpc) is 1.02. The second kappa shape index (κ2) is 69.1. The largest absolute Gasteiger partial charge is 0.472 e. The zero-order chi connectivity index (χ0) is 73.1. The van der Waals surface area contributed by atoms with Gasteiger partial charge in [0.15, 0.2) is 12.2 Å². The lowest BCUT2D eigenvalue weighted by atomic mass is 9.99. The maximum atomic E-state index is 13.1. The van der Waals surface area contributed by atoms with Crippen molar-refractivity contribution in [1.29, 1.82) is 0 Å². The number of carbonyl (C=O) groups excluding carboxylic acids is 4. The van der Waals surface area contributed by atoms with E-state index < -0.39 is 97.5 Å². The van der Waals surface area contributed by atoms with Gasteiger partial charge in [0.05, 0.1) is 26.4 Å². The third-order valence-electron chi connectivity index (χ3n) is 19.7. The van der Waals surface area contributed by atoms with Gasteiger partial charge in [-0.1, -0.05) is 357 Å². The molecule has 588 valence electrons. The van der Waals surface area contributed by atoms with Crippen LogP contribution < -0.4 is 0 Å². The molecule has 17 nitrogen and oxygen atoms in total. The van der Waals surface area contributed by atoms with Gasteiger partial charge in [-0.25, -0.2) is 9.13 Å². The van der Waals surface area contributed by atoms with Gasteiger partial charge in [0.25, 0.3) is 0 Å². The summed E-state index contributed by atoms with van der Waals surface area (Å²) in [6.45, 7) is 14.2. The molecule has 19 heteroatoms. The minimum Gasteiger partial charge on any atom is -0.462 e. The number of esters is 4. The lowest BCUT2D eigenvalue weighted by Crippen LogP contribution is -2.30. The summed E-state index contributed by atoms with van der Waals surface area (Å²) in [5, 5.41) is 10.6. The number of unbranched alkanes of at least 4 members (excludes halogenated alkanes) is 40. The predicted octanol–water partition coefficient (Wildman–Crippen LogP) is 23.6. The van der Waals surface area contributed by atoms with E-state index in [1.54, 1.807) is 0 Å². The molecule has 0 radical (unpaired) electrons. The maximum absolute atomic E-state index is 13.1. The van der Waals surface area contributed by atoms with Crippen LogP contribution in [-0.4, -0.2) is 96.7 Å². The van der Waals surface area contributed by atoms with Crippen LogP contribution in [0.2, 0.25) is 0 Å². The number of phosphoric acid groups is 2. The zero-order valence-corrected chi connectivity index (χ0v) is 66.9.